The molecular formula is C54H36N2S. The summed E-state index contributed by atoms with van der Waals surface area (Å²) in [5.41, 5.74) is 15.3. The first-order valence-corrected chi connectivity index (χ1v) is 20.1. The van der Waals surface area contributed by atoms with E-state index >= 15 is 0 Å². The predicted molar refractivity (Wildman–Crippen MR) is 247 cm³/mol. The van der Waals surface area contributed by atoms with Crippen molar-refractivity contribution in [2.24, 2.45) is 0 Å². The number of rotatable bonds is 7. The number of benzene rings is 8. The molecule has 0 amide bonds. The largest absolute Gasteiger partial charge is 0.309 e. The van der Waals surface area contributed by atoms with E-state index in [2.05, 4.69) is 204 Å². The molecule has 0 atom stereocenters. The zero-order chi connectivity index (χ0) is 38.0. The molecule has 0 bridgehead atoms. The molecule has 0 unspecified atom stereocenters. The summed E-state index contributed by atoms with van der Waals surface area (Å²) in [5.74, 6) is 0. The van der Waals surface area contributed by atoms with Crippen LogP contribution in [0.25, 0.3) is 111 Å². The molecule has 0 N–H and O–H groups in total. The van der Waals surface area contributed by atoms with Gasteiger partial charge in [-0.2, -0.15) is 0 Å². The highest BCUT2D eigenvalue weighted by atomic mass is 32.1. The Bertz CT molecular complexity index is 3380. The number of aromatic nitrogens is 2. The Balaban J connectivity index is 1.17. The zero-order valence-corrected chi connectivity index (χ0v) is 32.0. The van der Waals surface area contributed by atoms with Crippen LogP contribution in [0.3, 0.4) is 0 Å². The van der Waals surface area contributed by atoms with Gasteiger partial charge in [-0.3, -0.25) is 0 Å². The Hall–Kier alpha value is -7.20. The molecule has 268 valence electrons. The van der Waals surface area contributed by atoms with E-state index in [0.717, 1.165) is 21.8 Å². The van der Waals surface area contributed by atoms with Crippen molar-refractivity contribution in [1.29, 1.82) is 0 Å². The molecule has 0 saturated carbocycles. The Morgan fingerprint density at radius 2 is 0.895 bits per heavy atom. The first kappa shape index (κ1) is 33.2. The third kappa shape index (κ3) is 5.24. The highest BCUT2D eigenvalue weighted by Gasteiger charge is 2.18. The van der Waals surface area contributed by atoms with Crippen molar-refractivity contribution in [3.05, 3.63) is 206 Å². The first-order chi connectivity index (χ1) is 28.2. The maximum Gasteiger partial charge on any atom is 0.0547 e. The van der Waals surface area contributed by atoms with E-state index in [0.29, 0.717) is 0 Å². The van der Waals surface area contributed by atoms with Crippen molar-refractivity contribution in [3.8, 4) is 44.8 Å². The lowest BCUT2D eigenvalue weighted by Gasteiger charge is -2.14. The number of fused-ring (bicyclic) bond motifs is 7. The van der Waals surface area contributed by atoms with Crippen molar-refractivity contribution >= 4 is 77.2 Å². The molecule has 0 aliphatic carbocycles. The van der Waals surface area contributed by atoms with Gasteiger partial charge < -0.3 is 9.13 Å². The van der Waals surface area contributed by atoms with Crippen molar-refractivity contribution < 1.29 is 0 Å². The lowest BCUT2D eigenvalue weighted by atomic mass is 9.92. The van der Waals surface area contributed by atoms with Crippen molar-refractivity contribution in [2.75, 3.05) is 0 Å². The van der Waals surface area contributed by atoms with Gasteiger partial charge in [0.15, 0.2) is 0 Å². The second kappa shape index (κ2) is 13.2. The van der Waals surface area contributed by atoms with Gasteiger partial charge in [0.1, 0.15) is 0 Å². The van der Waals surface area contributed by atoms with Crippen LogP contribution in [-0.4, -0.2) is 9.13 Å². The molecule has 3 aromatic heterocycles. The number of para-hydroxylation sites is 4. The summed E-state index contributed by atoms with van der Waals surface area (Å²) in [6.45, 7) is 8.30. The van der Waals surface area contributed by atoms with Gasteiger partial charge in [0.05, 0.1) is 22.1 Å². The Kier molecular flexibility index (Phi) is 7.70. The predicted octanol–water partition coefficient (Wildman–Crippen LogP) is 15.4. The Labute approximate surface area is 335 Å². The molecule has 0 spiro atoms. The molecule has 0 saturated heterocycles. The van der Waals surface area contributed by atoms with E-state index in [1.807, 2.05) is 12.2 Å². The minimum atomic E-state index is 1.14. The Morgan fingerprint density at radius 1 is 0.368 bits per heavy atom. The number of nitrogens with zero attached hydrogens (tertiary/aromatic N) is 2. The summed E-state index contributed by atoms with van der Waals surface area (Å²) >= 11 is 1.79. The van der Waals surface area contributed by atoms with Gasteiger partial charge in [-0.25, -0.2) is 0 Å². The molecule has 0 aliphatic heterocycles. The van der Waals surface area contributed by atoms with Crippen LogP contribution in [0.2, 0.25) is 0 Å². The topological polar surface area (TPSA) is 9.86 Å². The smallest absolute Gasteiger partial charge is 0.0547 e. The van der Waals surface area contributed by atoms with Gasteiger partial charge in [-0.05, 0) is 112 Å². The number of thiophene rings is 1. The fraction of sp³-hybridized carbons (Fsp3) is 0. The van der Waals surface area contributed by atoms with Gasteiger partial charge in [0.25, 0.3) is 0 Å². The maximum absolute atomic E-state index is 4.16. The van der Waals surface area contributed by atoms with E-state index < -0.39 is 0 Å². The van der Waals surface area contributed by atoms with E-state index in [1.165, 1.54) is 87.1 Å². The lowest BCUT2D eigenvalue weighted by molar-refractivity contribution is 1.18. The fourth-order valence-electron chi connectivity index (χ4n) is 8.88. The molecule has 0 fully saturated rings. The number of hydrogen-bond donors (Lipinski definition) is 0. The van der Waals surface area contributed by atoms with Crippen molar-refractivity contribution in [2.45, 2.75) is 0 Å². The fourth-order valence-corrected chi connectivity index (χ4v) is 10.1. The summed E-state index contributed by atoms with van der Waals surface area (Å²) < 4.78 is 6.02. The van der Waals surface area contributed by atoms with E-state index in [1.54, 1.807) is 11.3 Å². The average Bonchev–Trinajstić information content (AvgIpc) is 3.93. The van der Waals surface area contributed by atoms with E-state index in [9.17, 15) is 0 Å². The van der Waals surface area contributed by atoms with Crippen molar-refractivity contribution in [1.82, 2.24) is 9.13 Å². The molecule has 8 aromatic carbocycles. The molecule has 0 radical (unpaired) electrons. The summed E-state index contributed by atoms with van der Waals surface area (Å²) in [5, 5.41) is 6.18. The molecule has 2 nitrogen and oxygen atoms in total. The van der Waals surface area contributed by atoms with Crippen LogP contribution in [0.1, 0.15) is 10.4 Å². The van der Waals surface area contributed by atoms with E-state index in [-0.39, 0.29) is 0 Å². The first-order valence-electron chi connectivity index (χ1n) is 19.3. The molecule has 3 heteroatoms. The van der Waals surface area contributed by atoms with Crippen LogP contribution >= 0.6 is 11.3 Å². The monoisotopic (exact) mass is 744 g/mol. The van der Waals surface area contributed by atoms with Crippen LogP contribution in [-0.2, 0) is 0 Å². The van der Waals surface area contributed by atoms with Gasteiger partial charge in [0.2, 0.25) is 0 Å². The highest BCUT2D eigenvalue weighted by molar-refractivity contribution is 7.20. The second-order valence-corrected chi connectivity index (χ2v) is 15.7. The van der Waals surface area contributed by atoms with Gasteiger partial charge >= 0.3 is 0 Å². The third-order valence-corrected chi connectivity index (χ3v) is 12.7. The summed E-state index contributed by atoms with van der Waals surface area (Å²) in [7, 11) is 0. The SMILES string of the molecule is C=Cc1sc2c(-c3cc(-c4ccc5c(c4)c4ccccc4n5-c4ccccc4)cc(-c4ccc5c6ccccc6n(-c6ccccc6)c5c4)c3)cccc2c1C=C. The van der Waals surface area contributed by atoms with Gasteiger partial charge in [0, 0.05) is 47.9 Å². The summed E-state index contributed by atoms with van der Waals surface area (Å²) in [4.78, 5) is 1.14. The standard InChI is InChI=1S/C54H36N2S/c1-3-42-47-23-15-22-43(54(47)57-53(42)4-2)39-31-37(35-27-29-51-48(33-35)45-21-12-14-25-50(45)55(51)40-16-7-5-8-17-40)30-38(32-39)36-26-28-46-44-20-11-13-24-49(44)56(52(46)34-36)41-18-9-6-10-19-41/h3-34H,1-2H2. The molecular weight excluding hydrogens is 709 g/mol. The highest BCUT2D eigenvalue weighted by Crippen LogP contribution is 2.43. The lowest BCUT2D eigenvalue weighted by Crippen LogP contribution is -1.93. The van der Waals surface area contributed by atoms with Gasteiger partial charge in [-0.1, -0.05) is 135 Å². The molecule has 0 aliphatic rings. The van der Waals surface area contributed by atoms with Gasteiger partial charge in [-0.15, -0.1) is 11.3 Å². The molecule has 57 heavy (non-hydrogen) atoms. The zero-order valence-electron chi connectivity index (χ0n) is 31.2. The van der Waals surface area contributed by atoms with Crippen molar-refractivity contribution in [3.63, 3.8) is 0 Å². The average molecular weight is 745 g/mol. The van der Waals surface area contributed by atoms with Crippen LogP contribution in [0.5, 0.6) is 0 Å². The van der Waals surface area contributed by atoms with Crippen LogP contribution < -0.4 is 0 Å². The maximum atomic E-state index is 4.16. The normalized spacial score (nSPS) is 11.6. The summed E-state index contributed by atoms with van der Waals surface area (Å²) in [6.07, 6.45) is 3.92. The number of hydrogen-bond acceptors (Lipinski definition) is 1. The molecule has 3 heterocycles. The quantitative estimate of drug-likeness (QED) is 0.154. The van der Waals surface area contributed by atoms with Crippen LogP contribution in [0.15, 0.2) is 195 Å². The second-order valence-electron chi connectivity index (χ2n) is 14.6. The van der Waals surface area contributed by atoms with Crippen LogP contribution in [0.4, 0.5) is 0 Å². The molecule has 11 aromatic rings. The minimum absolute atomic E-state index is 1.14. The summed E-state index contributed by atoms with van der Waals surface area (Å²) in [6, 6.07) is 66.5. The minimum Gasteiger partial charge on any atom is -0.309 e. The van der Waals surface area contributed by atoms with Crippen LogP contribution in [0, 0.1) is 0 Å². The van der Waals surface area contributed by atoms with E-state index in [4.69, 9.17) is 0 Å². The molecule has 11 rings (SSSR count). The third-order valence-electron chi connectivity index (χ3n) is 11.5. The Morgan fingerprint density at radius 3 is 1.56 bits per heavy atom.